The van der Waals surface area contributed by atoms with Gasteiger partial charge in [-0.2, -0.15) is 0 Å². The number of fused-ring (bicyclic) bond motifs is 1. The highest BCUT2D eigenvalue weighted by Gasteiger charge is 2.14. The Morgan fingerprint density at radius 2 is 1.62 bits per heavy atom. The Kier molecular flexibility index (Phi) is 4.88. The SMILES string of the molecule is CCn1c(=O)n(CC(=O)Nc2ccc(C(=O)OC)cc2)c2ccccc21. The van der Waals surface area contributed by atoms with Gasteiger partial charge in [0.15, 0.2) is 0 Å². The summed E-state index contributed by atoms with van der Waals surface area (Å²) in [5.41, 5.74) is 2.23. The molecule has 7 nitrogen and oxygen atoms in total. The van der Waals surface area contributed by atoms with Crippen LogP contribution in [0.4, 0.5) is 5.69 Å². The predicted octanol–water partition coefficient (Wildman–Crippen LogP) is 2.25. The average Bonchev–Trinajstić information content (AvgIpc) is 2.93. The molecular weight excluding hydrogens is 334 g/mol. The number of ether oxygens (including phenoxy) is 1. The van der Waals surface area contributed by atoms with Crippen LogP contribution in [0.2, 0.25) is 0 Å². The fourth-order valence-corrected chi connectivity index (χ4v) is 2.88. The Bertz CT molecular complexity index is 1020. The zero-order valence-electron chi connectivity index (χ0n) is 14.6. The Morgan fingerprint density at radius 1 is 1.00 bits per heavy atom. The molecule has 0 unspecified atom stereocenters. The molecule has 0 fully saturated rings. The van der Waals surface area contributed by atoms with Gasteiger partial charge in [-0.1, -0.05) is 12.1 Å². The summed E-state index contributed by atoms with van der Waals surface area (Å²) in [4.78, 5) is 36.4. The molecule has 2 aromatic carbocycles. The van der Waals surface area contributed by atoms with Gasteiger partial charge in [0, 0.05) is 12.2 Å². The molecule has 0 aliphatic heterocycles. The van der Waals surface area contributed by atoms with E-state index in [1.165, 1.54) is 11.7 Å². The van der Waals surface area contributed by atoms with Crippen molar-refractivity contribution in [1.29, 1.82) is 0 Å². The minimum absolute atomic E-state index is 0.0922. The molecule has 1 N–H and O–H groups in total. The van der Waals surface area contributed by atoms with E-state index in [1.807, 2.05) is 31.2 Å². The average molecular weight is 353 g/mol. The lowest BCUT2D eigenvalue weighted by atomic mass is 10.2. The van der Waals surface area contributed by atoms with Gasteiger partial charge in [0.25, 0.3) is 0 Å². The van der Waals surface area contributed by atoms with E-state index < -0.39 is 5.97 Å². The molecule has 0 atom stereocenters. The Balaban J connectivity index is 1.81. The van der Waals surface area contributed by atoms with Crippen LogP contribution in [0.15, 0.2) is 53.3 Å². The van der Waals surface area contributed by atoms with Gasteiger partial charge >= 0.3 is 11.7 Å². The Labute approximate surface area is 149 Å². The summed E-state index contributed by atoms with van der Waals surface area (Å²) in [7, 11) is 1.31. The number of para-hydroxylation sites is 2. The molecule has 0 saturated carbocycles. The first kappa shape index (κ1) is 17.5. The molecule has 134 valence electrons. The highest BCUT2D eigenvalue weighted by molar-refractivity contribution is 5.93. The van der Waals surface area contributed by atoms with Crippen molar-refractivity contribution in [2.45, 2.75) is 20.0 Å². The van der Waals surface area contributed by atoms with Crippen molar-refractivity contribution in [2.24, 2.45) is 0 Å². The number of nitrogens with zero attached hydrogens (tertiary/aromatic N) is 2. The van der Waals surface area contributed by atoms with E-state index in [0.717, 1.165) is 11.0 Å². The van der Waals surface area contributed by atoms with E-state index in [2.05, 4.69) is 10.1 Å². The maximum absolute atomic E-state index is 12.6. The van der Waals surface area contributed by atoms with Crippen LogP contribution in [0, 0.1) is 0 Å². The minimum atomic E-state index is -0.443. The van der Waals surface area contributed by atoms with E-state index in [4.69, 9.17) is 0 Å². The number of esters is 1. The summed E-state index contributed by atoms with van der Waals surface area (Å²) in [5, 5.41) is 2.73. The molecule has 3 aromatic rings. The summed E-state index contributed by atoms with van der Waals surface area (Å²) in [5.74, 6) is -0.765. The summed E-state index contributed by atoms with van der Waals surface area (Å²) in [6.07, 6.45) is 0. The smallest absolute Gasteiger partial charge is 0.337 e. The number of methoxy groups -OCH3 is 1. The van der Waals surface area contributed by atoms with Crippen molar-refractivity contribution in [3.63, 3.8) is 0 Å². The lowest BCUT2D eigenvalue weighted by molar-refractivity contribution is -0.116. The van der Waals surface area contributed by atoms with Gasteiger partial charge in [-0.25, -0.2) is 9.59 Å². The second-order valence-electron chi connectivity index (χ2n) is 5.72. The van der Waals surface area contributed by atoms with E-state index in [-0.39, 0.29) is 18.1 Å². The number of anilines is 1. The minimum Gasteiger partial charge on any atom is -0.465 e. The summed E-state index contributed by atoms with van der Waals surface area (Å²) < 4.78 is 7.72. The molecule has 0 radical (unpaired) electrons. The second-order valence-corrected chi connectivity index (χ2v) is 5.72. The molecule has 7 heteroatoms. The Morgan fingerprint density at radius 3 is 2.19 bits per heavy atom. The van der Waals surface area contributed by atoms with Gasteiger partial charge < -0.3 is 10.1 Å². The van der Waals surface area contributed by atoms with Crippen molar-refractivity contribution in [2.75, 3.05) is 12.4 Å². The van der Waals surface area contributed by atoms with E-state index in [9.17, 15) is 14.4 Å². The summed E-state index contributed by atoms with van der Waals surface area (Å²) >= 11 is 0. The Hall–Kier alpha value is -3.35. The third kappa shape index (κ3) is 3.23. The van der Waals surface area contributed by atoms with Crippen LogP contribution in [-0.4, -0.2) is 28.1 Å². The number of hydrogen-bond donors (Lipinski definition) is 1. The standard InChI is InChI=1S/C19H19N3O4/c1-3-21-15-6-4-5-7-16(15)22(19(21)25)12-17(23)20-14-10-8-13(9-11-14)18(24)26-2/h4-11H,3,12H2,1-2H3,(H,20,23). The zero-order valence-corrected chi connectivity index (χ0v) is 14.6. The maximum Gasteiger partial charge on any atom is 0.337 e. The highest BCUT2D eigenvalue weighted by Crippen LogP contribution is 2.14. The lowest BCUT2D eigenvalue weighted by Crippen LogP contribution is -2.29. The topological polar surface area (TPSA) is 82.3 Å². The normalized spacial score (nSPS) is 10.7. The van der Waals surface area contributed by atoms with Crippen molar-refractivity contribution >= 4 is 28.6 Å². The molecule has 0 aliphatic rings. The molecule has 1 heterocycles. The molecule has 26 heavy (non-hydrogen) atoms. The number of rotatable bonds is 5. The fourth-order valence-electron chi connectivity index (χ4n) is 2.88. The van der Waals surface area contributed by atoms with Crippen LogP contribution in [-0.2, 0) is 22.6 Å². The second kappa shape index (κ2) is 7.26. The fraction of sp³-hybridized carbons (Fsp3) is 0.211. The van der Waals surface area contributed by atoms with Gasteiger partial charge in [-0.3, -0.25) is 13.9 Å². The van der Waals surface area contributed by atoms with Crippen molar-refractivity contribution in [3.05, 3.63) is 64.6 Å². The van der Waals surface area contributed by atoms with Crippen LogP contribution in [0.1, 0.15) is 17.3 Å². The molecule has 3 rings (SSSR count). The quantitative estimate of drug-likeness (QED) is 0.713. The lowest BCUT2D eigenvalue weighted by Gasteiger charge is -2.07. The molecule has 1 amide bonds. The van der Waals surface area contributed by atoms with Crippen molar-refractivity contribution in [3.8, 4) is 0 Å². The molecule has 0 aliphatic carbocycles. The number of aromatic nitrogens is 2. The van der Waals surface area contributed by atoms with Crippen molar-refractivity contribution < 1.29 is 14.3 Å². The molecular formula is C19H19N3O4. The van der Waals surface area contributed by atoms with Gasteiger partial charge in [-0.05, 0) is 43.3 Å². The van der Waals surface area contributed by atoms with Gasteiger partial charge in [0.2, 0.25) is 5.91 Å². The number of imidazole rings is 1. The first-order chi connectivity index (χ1) is 12.5. The highest BCUT2D eigenvalue weighted by atomic mass is 16.5. The first-order valence-corrected chi connectivity index (χ1v) is 8.21. The van der Waals surface area contributed by atoms with Crippen LogP contribution in [0.5, 0.6) is 0 Å². The van der Waals surface area contributed by atoms with Crippen LogP contribution >= 0.6 is 0 Å². The molecule has 1 aromatic heterocycles. The number of carbonyl (C=O) groups is 2. The van der Waals surface area contributed by atoms with Crippen LogP contribution in [0.25, 0.3) is 11.0 Å². The number of carbonyl (C=O) groups excluding carboxylic acids is 2. The monoisotopic (exact) mass is 353 g/mol. The van der Waals surface area contributed by atoms with Crippen LogP contribution < -0.4 is 11.0 Å². The van der Waals surface area contributed by atoms with E-state index >= 15 is 0 Å². The molecule has 0 spiro atoms. The number of hydrogen-bond acceptors (Lipinski definition) is 4. The zero-order chi connectivity index (χ0) is 18.7. The first-order valence-electron chi connectivity index (χ1n) is 8.21. The third-order valence-corrected chi connectivity index (χ3v) is 4.13. The maximum atomic E-state index is 12.6. The number of nitrogens with one attached hydrogen (secondary N) is 1. The number of benzene rings is 2. The van der Waals surface area contributed by atoms with E-state index in [0.29, 0.717) is 17.8 Å². The molecule has 0 bridgehead atoms. The summed E-state index contributed by atoms with van der Waals surface area (Å²) in [6, 6.07) is 13.7. The van der Waals surface area contributed by atoms with Gasteiger partial charge in [0.1, 0.15) is 6.54 Å². The number of amides is 1. The van der Waals surface area contributed by atoms with Gasteiger partial charge in [0.05, 0.1) is 23.7 Å². The summed E-state index contributed by atoms with van der Waals surface area (Å²) in [6.45, 7) is 2.33. The van der Waals surface area contributed by atoms with Crippen molar-refractivity contribution in [1.82, 2.24) is 9.13 Å². The predicted molar refractivity (Wildman–Crippen MR) is 98.3 cm³/mol. The number of aryl methyl sites for hydroxylation is 1. The van der Waals surface area contributed by atoms with Gasteiger partial charge in [-0.15, -0.1) is 0 Å². The van der Waals surface area contributed by atoms with Crippen LogP contribution in [0.3, 0.4) is 0 Å². The van der Waals surface area contributed by atoms with E-state index in [1.54, 1.807) is 28.8 Å². The third-order valence-electron chi connectivity index (χ3n) is 4.13. The molecule has 0 saturated heterocycles. The largest absolute Gasteiger partial charge is 0.465 e.